The van der Waals surface area contributed by atoms with Crippen LogP contribution in [-0.2, 0) is 4.79 Å². The minimum Gasteiger partial charge on any atom is -0.486 e. The predicted octanol–water partition coefficient (Wildman–Crippen LogP) is 2.24. The first-order chi connectivity index (χ1) is 11.6. The molecule has 1 saturated heterocycles. The largest absolute Gasteiger partial charge is 0.486 e. The van der Waals surface area contributed by atoms with Gasteiger partial charge < -0.3 is 15.0 Å². The number of urea groups is 1. The Labute approximate surface area is 142 Å². The fraction of sp³-hybridized carbons (Fsp3) is 0.556. The summed E-state index contributed by atoms with van der Waals surface area (Å²) < 4.78 is 5.95. The molecule has 0 unspecified atom stereocenters. The Kier molecular flexibility index (Phi) is 4.92. The summed E-state index contributed by atoms with van der Waals surface area (Å²) in [6.45, 7) is 3.87. The Morgan fingerprint density at radius 2 is 1.96 bits per heavy atom. The van der Waals surface area contributed by atoms with Crippen LogP contribution in [0.15, 0.2) is 24.3 Å². The number of para-hydroxylation sites is 2. The molecule has 3 amide bonds. The van der Waals surface area contributed by atoms with Gasteiger partial charge in [0.25, 0.3) is 0 Å². The highest BCUT2D eigenvalue weighted by Gasteiger charge is 2.34. The molecule has 0 spiro atoms. The quantitative estimate of drug-likeness (QED) is 0.904. The average Bonchev–Trinajstić information content (AvgIpc) is 2.66. The van der Waals surface area contributed by atoms with Gasteiger partial charge in [-0.25, -0.2) is 4.79 Å². The molecule has 6 nitrogen and oxygen atoms in total. The molecule has 1 N–H and O–H groups in total. The smallest absolute Gasteiger partial charge is 0.324 e. The number of piperidine rings is 1. The summed E-state index contributed by atoms with van der Waals surface area (Å²) in [5.41, 5.74) is 0.834. The van der Waals surface area contributed by atoms with Crippen molar-refractivity contribution in [3.05, 3.63) is 24.3 Å². The fourth-order valence-corrected chi connectivity index (χ4v) is 3.40. The molecule has 130 valence electrons. The zero-order chi connectivity index (χ0) is 17.1. The van der Waals surface area contributed by atoms with Crippen molar-refractivity contribution < 1.29 is 14.3 Å². The molecule has 0 aromatic heterocycles. The molecule has 1 atom stereocenters. The van der Waals surface area contributed by atoms with Crippen LogP contribution in [0.25, 0.3) is 0 Å². The van der Waals surface area contributed by atoms with Gasteiger partial charge >= 0.3 is 6.03 Å². The highest BCUT2D eigenvalue weighted by molar-refractivity contribution is 5.94. The van der Waals surface area contributed by atoms with Crippen molar-refractivity contribution in [1.29, 1.82) is 0 Å². The number of carbonyl (C=O) groups is 2. The number of carbonyl (C=O) groups excluding carboxylic acids is 2. The van der Waals surface area contributed by atoms with Gasteiger partial charge in [0, 0.05) is 26.1 Å². The van der Waals surface area contributed by atoms with Crippen LogP contribution in [0.3, 0.4) is 0 Å². The second kappa shape index (κ2) is 7.11. The first-order valence-electron chi connectivity index (χ1n) is 8.67. The number of hydrogen-bond acceptors (Lipinski definition) is 3. The van der Waals surface area contributed by atoms with Crippen LogP contribution in [0.1, 0.15) is 26.2 Å². The number of nitrogens with one attached hydrogen (secondary N) is 1. The first-order valence-corrected chi connectivity index (χ1v) is 8.67. The number of anilines is 1. The molecule has 2 aliphatic rings. The summed E-state index contributed by atoms with van der Waals surface area (Å²) in [7, 11) is 1.66. The fourth-order valence-electron chi connectivity index (χ4n) is 3.40. The van der Waals surface area contributed by atoms with E-state index in [1.807, 2.05) is 34.1 Å². The number of ether oxygens (including phenoxy) is 1. The molecule has 6 heteroatoms. The zero-order valence-electron chi connectivity index (χ0n) is 14.3. The Morgan fingerprint density at radius 1 is 1.25 bits per heavy atom. The minimum atomic E-state index is 0.0133. The summed E-state index contributed by atoms with van der Waals surface area (Å²) in [5, 5.41) is 2.70. The van der Waals surface area contributed by atoms with E-state index in [1.165, 1.54) is 0 Å². The number of amides is 3. The Hall–Kier alpha value is -2.24. The lowest BCUT2D eigenvalue weighted by atomic mass is 9.96. The van der Waals surface area contributed by atoms with Crippen LogP contribution in [0.4, 0.5) is 10.5 Å². The van der Waals surface area contributed by atoms with Crippen molar-refractivity contribution in [2.24, 2.45) is 5.92 Å². The molecule has 24 heavy (non-hydrogen) atoms. The molecule has 0 radical (unpaired) electrons. The van der Waals surface area contributed by atoms with Gasteiger partial charge in [0.1, 0.15) is 11.9 Å². The topological polar surface area (TPSA) is 61.9 Å². The van der Waals surface area contributed by atoms with Gasteiger partial charge in [-0.2, -0.15) is 0 Å². The first kappa shape index (κ1) is 16.6. The molecule has 2 heterocycles. The van der Waals surface area contributed by atoms with Crippen LogP contribution in [-0.4, -0.2) is 49.6 Å². The van der Waals surface area contributed by atoms with E-state index < -0.39 is 0 Å². The molecule has 2 aliphatic heterocycles. The maximum absolute atomic E-state index is 13.0. The SMILES string of the molecule is CC[C@@H]1CN(C(=O)N2CCC(C(=O)NC)CC2)c2ccccc2O1. The van der Waals surface area contributed by atoms with Crippen LogP contribution in [0.5, 0.6) is 5.75 Å². The third-order valence-electron chi connectivity index (χ3n) is 4.90. The van der Waals surface area contributed by atoms with Crippen molar-refractivity contribution in [1.82, 2.24) is 10.2 Å². The van der Waals surface area contributed by atoms with E-state index in [9.17, 15) is 9.59 Å². The maximum Gasteiger partial charge on any atom is 0.324 e. The summed E-state index contributed by atoms with van der Waals surface area (Å²) in [6.07, 6.45) is 2.31. The zero-order valence-corrected chi connectivity index (χ0v) is 14.3. The van der Waals surface area contributed by atoms with E-state index in [-0.39, 0.29) is 24.0 Å². The van der Waals surface area contributed by atoms with Crippen LogP contribution >= 0.6 is 0 Å². The highest BCUT2D eigenvalue weighted by atomic mass is 16.5. The van der Waals surface area contributed by atoms with E-state index >= 15 is 0 Å². The summed E-state index contributed by atoms with van der Waals surface area (Å²) in [4.78, 5) is 28.5. The maximum atomic E-state index is 13.0. The molecule has 0 bridgehead atoms. The molecule has 1 aromatic carbocycles. The third kappa shape index (κ3) is 3.18. The lowest BCUT2D eigenvalue weighted by Gasteiger charge is -2.39. The number of hydrogen-bond donors (Lipinski definition) is 1. The lowest BCUT2D eigenvalue weighted by Crippen LogP contribution is -2.52. The predicted molar refractivity (Wildman–Crippen MR) is 92.3 cm³/mol. The van der Waals surface area contributed by atoms with Crippen molar-refractivity contribution in [3.8, 4) is 5.75 Å². The highest BCUT2D eigenvalue weighted by Crippen LogP contribution is 2.34. The van der Waals surface area contributed by atoms with Crippen molar-refractivity contribution in [2.75, 3.05) is 31.6 Å². The van der Waals surface area contributed by atoms with Crippen LogP contribution in [0.2, 0.25) is 0 Å². The monoisotopic (exact) mass is 331 g/mol. The molecule has 0 aliphatic carbocycles. The van der Waals surface area contributed by atoms with E-state index in [0.29, 0.717) is 32.5 Å². The van der Waals surface area contributed by atoms with E-state index in [1.54, 1.807) is 7.05 Å². The second-order valence-electron chi connectivity index (χ2n) is 6.38. The Bertz CT molecular complexity index is 611. The van der Waals surface area contributed by atoms with Crippen LogP contribution in [0, 0.1) is 5.92 Å². The van der Waals surface area contributed by atoms with Gasteiger partial charge in [0.2, 0.25) is 5.91 Å². The number of rotatable bonds is 2. The van der Waals surface area contributed by atoms with Crippen molar-refractivity contribution in [3.63, 3.8) is 0 Å². The van der Waals surface area contributed by atoms with Crippen molar-refractivity contribution in [2.45, 2.75) is 32.3 Å². The average molecular weight is 331 g/mol. The standard InChI is InChI=1S/C18H25N3O3/c1-3-14-12-21(15-6-4-5-7-16(15)24-14)18(23)20-10-8-13(9-11-20)17(22)19-2/h4-7,13-14H,3,8-12H2,1-2H3,(H,19,22)/t14-/m1/s1. The molecular formula is C18H25N3O3. The van der Waals surface area contributed by atoms with Gasteiger partial charge in [-0.1, -0.05) is 19.1 Å². The number of likely N-dealkylation sites (tertiary alicyclic amines) is 1. The summed E-state index contributed by atoms with van der Waals surface area (Å²) >= 11 is 0. The Balaban J connectivity index is 1.72. The van der Waals surface area contributed by atoms with Gasteiger partial charge in [-0.05, 0) is 31.4 Å². The third-order valence-corrected chi connectivity index (χ3v) is 4.90. The molecular weight excluding hydrogens is 306 g/mol. The molecule has 0 saturated carbocycles. The van der Waals surface area contributed by atoms with Crippen molar-refractivity contribution >= 4 is 17.6 Å². The van der Waals surface area contributed by atoms with E-state index in [0.717, 1.165) is 17.9 Å². The van der Waals surface area contributed by atoms with E-state index in [4.69, 9.17) is 4.74 Å². The summed E-state index contributed by atoms with van der Waals surface area (Å²) in [5.74, 6) is 0.855. The normalized spacial score (nSPS) is 21.0. The van der Waals surface area contributed by atoms with E-state index in [2.05, 4.69) is 12.2 Å². The van der Waals surface area contributed by atoms with Gasteiger partial charge in [0.15, 0.2) is 0 Å². The van der Waals surface area contributed by atoms with Crippen LogP contribution < -0.4 is 15.0 Å². The number of benzene rings is 1. The number of nitrogens with zero attached hydrogens (tertiary/aromatic N) is 2. The molecule has 3 rings (SSSR count). The van der Waals surface area contributed by atoms with Gasteiger partial charge in [-0.15, -0.1) is 0 Å². The second-order valence-corrected chi connectivity index (χ2v) is 6.38. The summed E-state index contributed by atoms with van der Waals surface area (Å²) in [6, 6.07) is 7.70. The minimum absolute atomic E-state index is 0.0133. The molecule has 1 fully saturated rings. The molecule has 1 aromatic rings. The number of fused-ring (bicyclic) bond motifs is 1. The van der Waals surface area contributed by atoms with Gasteiger partial charge in [-0.3, -0.25) is 9.69 Å². The Morgan fingerprint density at radius 3 is 2.62 bits per heavy atom. The van der Waals surface area contributed by atoms with Gasteiger partial charge in [0.05, 0.1) is 12.2 Å². The lowest BCUT2D eigenvalue weighted by molar-refractivity contribution is -0.125.